The Morgan fingerprint density at radius 1 is 1.38 bits per heavy atom. The molecule has 0 spiro atoms. The molecule has 0 saturated heterocycles. The van der Waals surface area contributed by atoms with Crippen LogP contribution >= 0.6 is 23.5 Å². The SMILES string of the molecule is CSc1ccc(CC2=C(O)CSC2=O)cc1. The molecule has 2 nitrogen and oxygen atoms in total. The number of carbonyl (C=O) groups excluding carboxylic acids is 1. The first-order chi connectivity index (χ1) is 7.70. The van der Waals surface area contributed by atoms with E-state index >= 15 is 0 Å². The van der Waals surface area contributed by atoms with Gasteiger partial charge in [-0.3, -0.25) is 4.79 Å². The molecule has 0 bridgehead atoms. The molecule has 2 rings (SSSR count). The van der Waals surface area contributed by atoms with Gasteiger partial charge in [-0.1, -0.05) is 23.9 Å². The minimum absolute atomic E-state index is 0.00597. The lowest BCUT2D eigenvalue weighted by Crippen LogP contribution is -1.98. The molecule has 0 aliphatic carbocycles. The minimum atomic E-state index is 0.00597. The average molecular weight is 252 g/mol. The molecule has 16 heavy (non-hydrogen) atoms. The molecule has 1 N–H and O–H groups in total. The van der Waals surface area contributed by atoms with Gasteiger partial charge in [0.25, 0.3) is 0 Å². The number of aliphatic hydroxyl groups is 1. The zero-order valence-corrected chi connectivity index (χ0v) is 10.5. The predicted octanol–water partition coefficient (Wildman–Crippen LogP) is 3.04. The van der Waals surface area contributed by atoms with Crippen molar-refractivity contribution >= 4 is 28.6 Å². The van der Waals surface area contributed by atoms with Crippen LogP contribution in [0.1, 0.15) is 5.56 Å². The fraction of sp³-hybridized carbons (Fsp3) is 0.250. The van der Waals surface area contributed by atoms with E-state index in [9.17, 15) is 9.90 Å². The molecule has 0 radical (unpaired) electrons. The number of rotatable bonds is 3. The van der Waals surface area contributed by atoms with Crippen LogP contribution in [0.4, 0.5) is 0 Å². The van der Waals surface area contributed by atoms with Gasteiger partial charge in [0, 0.05) is 16.9 Å². The molecule has 0 saturated carbocycles. The maximum Gasteiger partial charge on any atom is 0.219 e. The van der Waals surface area contributed by atoms with Gasteiger partial charge in [-0.05, 0) is 24.0 Å². The third kappa shape index (κ3) is 2.44. The van der Waals surface area contributed by atoms with E-state index in [2.05, 4.69) is 0 Å². The van der Waals surface area contributed by atoms with Crippen LogP contribution in [0.15, 0.2) is 40.5 Å². The summed E-state index contributed by atoms with van der Waals surface area (Å²) in [5, 5.41) is 9.56. The normalized spacial score (nSPS) is 15.9. The molecule has 1 aliphatic heterocycles. The molecule has 1 aromatic rings. The quantitative estimate of drug-likeness (QED) is 0.839. The summed E-state index contributed by atoms with van der Waals surface area (Å²) in [7, 11) is 0. The Hall–Kier alpha value is -0.870. The smallest absolute Gasteiger partial charge is 0.219 e. The molecule has 0 unspecified atom stereocenters. The van der Waals surface area contributed by atoms with Crippen molar-refractivity contribution in [1.29, 1.82) is 0 Å². The summed E-state index contributed by atoms with van der Waals surface area (Å²) in [6, 6.07) is 8.07. The summed E-state index contributed by atoms with van der Waals surface area (Å²) in [5.41, 5.74) is 1.62. The summed E-state index contributed by atoms with van der Waals surface area (Å²) in [6.07, 6.45) is 2.56. The van der Waals surface area contributed by atoms with Crippen molar-refractivity contribution in [3.8, 4) is 0 Å². The van der Waals surface area contributed by atoms with Crippen LogP contribution in [0.5, 0.6) is 0 Å². The van der Waals surface area contributed by atoms with Crippen LogP contribution < -0.4 is 0 Å². The van der Waals surface area contributed by atoms with E-state index < -0.39 is 0 Å². The van der Waals surface area contributed by atoms with Gasteiger partial charge in [-0.2, -0.15) is 0 Å². The summed E-state index contributed by atoms with van der Waals surface area (Å²) < 4.78 is 0. The third-order valence-electron chi connectivity index (χ3n) is 2.47. The highest BCUT2D eigenvalue weighted by molar-refractivity contribution is 8.14. The largest absolute Gasteiger partial charge is 0.511 e. The number of thioether (sulfide) groups is 2. The number of carbonyl (C=O) groups is 1. The molecule has 84 valence electrons. The minimum Gasteiger partial charge on any atom is -0.511 e. The van der Waals surface area contributed by atoms with Gasteiger partial charge >= 0.3 is 0 Å². The molecule has 0 amide bonds. The number of hydrogen-bond donors (Lipinski definition) is 1. The van der Waals surface area contributed by atoms with Gasteiger partial charge in [-0.15, -0.1) is 11.8 Å². The fourth-order valence-electron chi connectivity index (χ4n) is 1.55. The first kappa shape index (κ1) is 11.6. The zero-order chi connectivity index (χ0) is 11.5. The van der Waals surface area contributed by atoms with Crippen molar-refractivity contribution in [1.82, 2.24) is 0 Å². The molecular formula is C12H12O2S2. The van der Waals surface area contributed by atoms with Gasteiger partial charge in [0.2, 0.25) is 5.12 Å². The highest BCUT2D eigenvalue weighted by atomic mass is 32.2. The number of aliphatic hydroxyl groups excluding tert-OH is 1. The standard InChI is InChI=1S/C12H12O2S2/c1-15-9-4-2-8(3-5-9)6-10-11(13)7-16-12(10)14/h2-5,13H,6-7H2,1H3. The van der Waals surface area contributed by atoms with E-state index in [1.807, 2.05) is 30.5 Å². The van der Waals surface area contributed by atoms with Gasteiger partial charge in [-0.25, -0.2) is 0 Å². The second-order valence-electron chi connectivity index (χ2n) is 3.53. The molecule has 1 heterocycles. The van der Waals surface area contributed by atoms with Crippen molar-refractivity contribution in [3.05, 3.63) is 41.2 Å². The van der Waals surface area contributed by atoms with E-state index in [1.54, 1.807) is 11.8 Å². The van der Waals surface area contributed by atoms with Crippen LogP contribution in [0.3, 0.4) is 0 Å². The molecular weight excluding hydrogens is 240 g/mol. The second kappa shape index (κ2) is 4.97. The van der Waals surface area contributed by atoms with Crippen LogP contribution in [0.25, 0.3) is 0 Å². The van der Waals surface area contributed by atoms with E-state index in [4.69, 9.17) is 0 Å². The maximum absolute atomic E-state index is 11.5. The lowest BCUT2D eigenvalue weighted by Gasteiger charge is -2.03. The molecule has 4 heteroatoms. The molecule has 0 fully saturated rings. The predicted molar refractivity (Wildman–Crippen MR) is 69.0 cm³/mol. The molecule has 1 aromatic carbocycles. The van der Waals surface area contributed by atoms with E-state index in [1.165, 1.54) is 16.7 Å². The molecule has 1 aliphatic rings. The maximum atomic E-state index is 11.5. The summed E-state index contributed by atoms with van der Waals surface area (Å²) >= 11 is 2.86. The Morgan fingerprint density at radius 3 is 2.56 bits per heavy atom. The first-order valence-electron chi connectivity index (χ1n) is 4.91. The topological polar surface area (TPSA) is 37.3 Å². The van der Waals surface area contributed by atoms with Gasteiger partial charge in [0.1, 0.15) is 5.76 Å². The Balaban J connectivity index is 2.15. The number of benzene rings is 1. The van der Waals surface area contributed by atoms with Crippen molar-refractivity contribution in [2.75, 3.05) is 12.0 Å². The highest BCUT2D eigenvalue weighted by Crippen LogP contribution is 2.27. The van der Waals surface area contributed by atoms with E-state index in [-0.39, 0.29) is 10.9 Å². The summed E-state index contributed by atoms with van der Waals surface area (Å²) in [5.74, 6) is 0.667. The van der Waals surface area contributed by atoms with Gasteiger partial charge in [0.05, 0.1) is 5.75 Å². The second-order valence-corrected chi connectivity index (χ2v) is 5.35. The lowest BCUT2D eigenvalue weighted by molar-refractivity contribution is -0.107. The Labute approximate surface area is 103 Å². The Kier molecular flexibility index (Phi) is 3.61. The van der Waals surface area contributed by atoms with Crippen LogP contribution in [-0.4, -0.2) is 22.2 Å². The highest BCUT2D eigenvalue weighted by Gasteiger charge is 2.23. The Morgan fingerprint density at radius 2 is 2.06 bits per heavy atom. The number of hydrogen-bond acceptors (Lipinski definition) is 4. The van der Waals surface area contributed by atoms with E-state index in [0.717, 1.165) is 5.56 Å². The van der Waals surface area contributed by atoms with Crippen molar-refractivity contribution in [3.63, 3.8) is 0 Å². The summed E-state index contributed by atoms with van der Waals surface area (Å²) in [4.78, 5) is 12.7. The van der Waals surface area contributed by atoms with Gasteiger partial charge in [0.15, 0.2) is 0 Å². The summed E-state index contributed by atoms with van der Waals surface area (Å²) in [6.45, 7) is 0. The average Bonchev–Trinajstić information content (AvgIpc) is 2.62. The van der Waals surface area contributed by atoms with Crippen LogP contribution in [-0.2, 0) is 11.2 Å². The lowest BCUT2D eigenvalue weighted by atomic mass is 10.1. The monoisotopic (exact) mass is 252 g/mol. The fourth-order valence-corrected chi connectivity index (χ4v) is 2.76. The van der Waals surface area contributed by atoms with E-state index in [0.29, 0.717) is 17.7 Å². The van der Waals surface area contributed by atoms with Crippen molar-refractivity contribution < 1.29 is 9.90 Å². The van der Waals surface area contributed by atoms with Crippen LogP contribution in [0.2, 0.25) is 0 Å². The first-order valence-corrected chi connectivity index (χ1v) is 7.13. The Bertz CT molecular complexity index is 435. The van der Waals surface area contributed by atoms with Crippen molar-refractivity contribution in [2.45, 2.75) is 11.3 Å². The van der Waals surface area contributed by atoms with Crippen LogP contribution in [0, 0.1) is 0 Å². The third-order valence-corrected chi connectivity index (χ3v) is 4.14. The molecule has 0 aromatic heterocycles. The molecule has 0 atom stereocenters. The van der Waals surface area contributed by atoms with Gasteiger partial charge < -0.3 is 5.11 Å². The van der Waals surface area contributed by atoms with Crippen molar-refractivity contribution in [2.24, 2.45) is 0 Å². The zero-order valence-electron chi connectivity index (χ0n) is 8.90.